The summed E-state index contributed by atoms with van der Waals surface area (Å²) >= 11 is 0. The van der Waals surface area contributed by atoms with E-state index < -0.39 is 0 Å². The maximum atomic E-state index is 12.8. The molecule has 152 valence electrons. The molecule has 1 aromatic heterocycles. The molecule has 2 aromatic carbocycles. The number of carbonyl (C=O) groups is 1. The minimum Gasteiger partial charge on any atom is -0.393 e. The molecule has 3 aromatic rings. The molecule has 0 bridgehead atoms. The summed E-state index contributed by atoms with van der Waals surface area (Å²) in [5, 5.41) is 9.74. The zero-order valence-electron chi connectivity index (χ0n) is 16.7. The van der Waals surface area contributed by atoms with Crippen molar-refractivity contribution in [2.75, 3.05) is 13.6 Å². The maximum Gasteiger partial charge on any atom is 0.326 e. The highest BCUT2D eigenvalue weighted by molar-refractivity contribution is 5.97. The molecular weight excluding hydrogens is 366 g/mol. The van der Waals surface area contributed by atoms with Gasteiger partial charge >= 0.3 is 5.69 Å². The van der Waals surface area contributed by atoms with Gasteiger partial charge in [0.2, 0.25) is 0 Å². The second-order valence-corrected chi connectivity index (χ2v) is 7.96. The molecule has 1 heterocycles. The number of aromatic amines is 1. The average molecular weight is 393 g/mol. The molecule has 0 saturated heterocycles. The van der Waals surface area contributed by atoms with Crippen molar-refractivity contribution in [2.24, 2.45) is 0 Å². The third-order valence-electron chi connectivity index (χ3n) is 5.92. The second-order valence-electron chi connectivity index (χ2n) is 7.96. The molecule has 0 spiro atoms. The summed E-state index contributed by atoms with van der Waals surface area (Å²) in [5.41, 5.74) is 3.12. The number of nitrogens with one attached hydrogen (secondary N) is 1. The Kier molecular flexibility index (Phi) is 5.53. The Morgan fingerprint density at radius 2 is 1.86 bits per heavy atom. The quantitative estimate of drug-likeness (QED) is 0.699. The number of aromatic nitrogens is 2. The SMILES string of the molecule is CN(CCc1ccccc1)C(=O)c1ccc2c(c1)[nH]c(=O)n2C1CCC(O)CC1. The van der Waals surface area contributed by atoms with Crippen LogP contribution in [0.5, 0.6) is 0 Å². The minimum absolute atomic E-state index is 0.0581. The van der Waals surface area contributed by atoms with Gasteiger partial charge in [0.1, 0.15) is 0 Å². The molecular formula is C23H27N3O3. The van der Waals surface area contributed by atoms with E-state index in [1.165, 1.54) is 5.56 Å². The summed E-state index contributed by atoms with van der Waals surface area (Å²) < 4.78 is 1.79. The van der Waals surface area contributed by atoms with Crippen LogP contribution < -0.4 is 5.69 Å². The first-order chi connectivity index (χ1) is 14.0. The first-order valence-corrected chi connectivity index (χ1v) is 10.2. The van der Waals surface area contributed by atoms with Crippen LogP contribution in [0.1, 0.15) is 47.6 Å². The van der Waals surface area contributed by atoms with Crippen molar-refractivity contribution >= 4 is 16.9 Å². The summed E-state index contributed by atoms with van der Waals surface area (Å²) in [4.78, 5) is 30.0. The molecule has 0 unspecified atom stereocenters. The van der Waals surface area contributed by atoms with E-state index >= 15 is 0 Å². The summed E-state index contributed by atoms with van der Waals surface area (Å²) in [6.45, 7) is 0.628. The van der Waals surface area contributed by atoms with Gasteiger partial charge < -0.3 is 15.0 Å². The second kappa shape index (κ2) is 8.25. The van der Waals surface area contributed by atoms with E-state index in [4.69, 9.17) is 0 Å². The lowest BCUT2D eigenvalue weighted by Crippen LogP contribution is -2.28. The zero-order chi connectivity index (χ0) is 20.4. The molecule has 4 rings (SSSR count). The van der Waals surface area contributed by atoms with E-state index in [0.717, 1.165) is 24.8 Å². The molecule has 1 amide bonds. The van der Waals surface area contributed by atoms with Gasteiger partial charge in [0, 0.05) is 25.2 Å². The van der Waals surface area contributed by atoms with Gasteiger partial charge in [-0.05, 0) is 55.9 Å². The fourth-order valence-corrected chi connectivity index (χ4v) is 4.21. The largest absolute Gasteiger partial charge is 0.393 e. The minimum atomic E-state index is -0.261. The lowest BCUT2D eigenvalue weighted by atomic mass is 9.93. The lowest BCUT2D eigenvalue weighted by molar-refractivity contribution is 0.0796. The van der Waals surface area contributed by atoms with Gasteiger partial charge in [-0.15, -0.1) is 0 Å². The Morgan fingerprint density at radius 3 is 2.59 bits per heavy atom. The highest BCUT2D eigenvalue weighted by Gasteiger charge is 2.24. The molecule has 1 saturated carbocycles. The van der Waals surface area contributed by atoms with Crippen LogP contribution in [-0.2, 0) is 6.42 Å². The van der Waals surface area contributed by atoms with E-state index in [1.54, 1.807) is 28.6 Å². The number of likely N-dealkylation sites (N-methyl/N-ethyl adjacent to an activating group) is 1. The third kappa shape index (κ3) is 4.12. The molecule has 6 heteroatoms. The van der Waals surface area contributed by atoms with E-state index in [0.29, 0.717) is 30.5 Å². The fraction of sp³-hybridized carbons (Fsp3) is 0.391. The van der Waals surface area contributed by atoms with Crippen molar-refractivity contribution in [3.63, 3.8) is 0 Å². The van der Waals surface area contributed by atoms with Crippen LogP contribution in [-0.4, -0.2) is 45.2 Å². The van der Waals surface area contributed by atoms with Crippen LogP contribution in [0.4, 0.5) is 0 Å². The maximum absolute atomic E-state index is 12.8. The van der Waals surface area contributed by atoms with Crippen molar-refractivity contribution in [2.45, 2.75) is 44.2 Å². The van der Waals surface area contributed by atoms with E-state index in [2.05, 4.69) is 17.1 Å². The van der Waals surface area contributed by atoms with E-state index in [9.17, 15) is 14.7 Å². The van der Waals surface area contributed by atoms with Crippen LogP contribution in [0, 0.1) is 0 Å². The van der Waals surface area contributed by atoms with Crippen LogP contribution in [0.25, 0.3) is 11.0 Å². The average Bonchev–Trinajstić information content (AvgIpc) is 3.07. The number of fused-ring (bicyclic) bond motifs is 1. The van der Waals surface area contributed by atoms with Crippen molar-refractivity contribution in [3.05, 3.63) is 70.1 Å². The Bertz CT molecular complexity index is 1050. The Labute approximate surface area is 169 Å². The van der Waals surface area contributed by atoms with Crippen molar-refractivity contribution in [3.8, 4) is 0 Å². The number of amides is 1. The molecule has 2 N–H and O–H groups in total. The summed E-state index contributed by atoms with van der Waals surface area (Å²) in [6, 6.07) is 15.6. The number of imidazole rings is 1. The summed E-state index contributed by atoms with van der Waals surface area (Å²) in [7, 11) is 1.80. The number of aliphatic hydroxyl groups excluding tert-OH is 1. The molecule has 1 aliphatic carbocycles. The van der Waals surface area contributed by atoms with Crippen molar-refractivity contribution in [1.29, 1.82) is 0 Å². The van der Waals surface area contributed by atoms with Crippen molar-refractivity contribution < 1.29 is 9.90 Å². The monoisotopic (exact) mass is 393 g/mol. The van der Waals surface area contributed by atoms with Crippen LogP contribution in [0.2, 0.25) is 0 Å². The first kappa shape index (κ1) is 19.5. The van der Waals surface area contributed by atoms with Gasteiger partial charge in [-0.3, -0.25) is 9.36 Å². The molecule has 6 nitrogen and oxygen atoms in total. The molecule has 1 fully saturated rings. The number of hydrogen-bond acceptors (Lipinski definition) is 3. The van der Waals surface area contributed by atoms with Crippen LogP contribution in [0.3, 0.4) is 0 Å². The van der Waals surface area contributed by atoms with Crippen molar-refractivity contribution in [1.82, 2.24) is 14.5 Å². The van der Waals surface area contributed by atoms with Gasteiger partial charge in [0.25, 0.3) is 5.91 Å². The number of benzene rings is 2. The number of nitrogens with zero attached hydrogens (tertiary/aromatic N) is 2. The van der Waals surface area contributed by atoms with Crippen LogP contribution in [0.15, 0.2) is 53.3 Å². The predicted octanol–water partition coefficient (Wildman–Crippen LogP) is 3.12. The number of carbonyl (C=O) groups excluding carboxylic acids is 1. The molecule has 0 aliphatic heterocycles. The predicted molar refractivity (Wildman–Crippen MR) is 113 cm³/mol. The third-order valence-corrected chi connectivity index (χ3v) is 5.92. The molecule has 0 radical (unpaired) electrons. The topological polar surface area (TPSA) is 78.3 Å². The first-order valence-electron chi connectivity index (χ1n) is 10.2. The highest BCUT2D eigenvalue weighted by atomic mass is 16.3. The Morgan fingerprint density at radius 1 is 1.14 bits per heavy atom. The van der Waals surface area contributed by atoms with Gasteiger partial charge in [-0.2, -0.15) is 0 Å². The fourth-order valence-electron chi connectivity index (χ4n) is 4.21. The highest BCUT2D eigenvalue weighted by Crippen LogP contribution is 2.30. The normalized spacial score (nSPS) is 19.4. The van der Waals surface area contributed by atoms with Gasteiger partial charge in [0.15, 0.2) is 0 Å². The van der Waals surface area contributed by atoms with Gasteiger partial charge in [-0.1, -0.05) is 30.3 Å². The standard InChI is InChI=1S/C23H27N3O3/c1-25(14-13-16-5-3-2-4-6-16)22(28)17-7-12-21-20(15-17)24-23(29)26(21)18-8-10-19(27)11-9-18/h2-7,12,15,18-19,27H,8-11,13-14H2,1H3,(H,24,29). The number of H-pyrrole nitrogens is 1. The van der Waals surface area contributed by atoms with Crippen LogP contribution >= 0.6 is 0 Å². The smallest absolute Gasteiger partial charge is 0.326 e. The zero-order valence-corrected chi connectivity index (χ0v) is 16.7. The molecule has 0 atom stereocenters. The van der Waals surface area contributed by atoms with E-state index in [-0.39, 0.29) is 23.7 Å². The Hall–Kier alpha value is -2.86. The molecule has 1 aliphatic rings. The van der Waals surface area contributed by atoms with Gasteiger partial charge in [-0.25, -0.2) is 4.79 Å². The number of hydrogen-bond donors (Lipinski definition) is 2. The number of rotatable bonds is 5. The molecule has 29 heavy (non-hydrogen) atoms. The van der Waals surface area contributed by atoms with Gasteiger partial charge in [0.05, 0.1) is 17.1 Å². The Balaban J connectivity index is 1.51. The number of aliphatic hydroxyl groups is 1. The van der Waals surface area contributed by atoms with E-state index in [1.807, 2.05) is 24.3 Å². The lowest BCUT2D eigenvalue weighted by Gasteiger charge is -2.26. The summed E-state index contributed by atoms with van der Waals surface area (Å²) in [5.74, 6) is -0.0581. The summed E-state index contributed by atoms with van der Waals surface area (Å²) in [6.07, 6.45) is 3.54.